The Bertz CT molecular complexity index is 578. The second-order valence-corrected chi connectivity index (χ2v) is 5.14. The van der Waals surface area contributed by atoms with E-state index >= 15 is 0 Å². The van der Waals surface area contributed by atoms with Crippen LogP contribution in [-0.2, 0) is 13.0 Å². The molecular formula is C13H14BrN3O2. The maximum atomic E-state index is 11.1. The Morgan fingerprint density at radius 2 is 2.05 bits per heavy atom. The SMILES string of the molecule is CCCc1c(C(=O)O)nnn1Cc1ccc(Br)cc1. The molecule has 0 atom stereocenters. The van der Waals surface area contributed by atoms with E-state index in [9.17, 15) is 4.79 Å². The van der Waals surface area contributed by atoms with E-state index in [-0.39, 0.29) is 5.69 Å². The lowest BCUT2D eigenvalue weighted by Crippen LogP contribution is -2.09. The minimum Gasteiger partial charge on any atom is -0.476 e. The molecule has 1 heterocycles. The number of carbonyl (C=O) groups is 1. The molecule has 0 amide bonds. The maximum Gasteiger partial charge on any atom is 0.358 e. The van der Waals surface area contributed by atoms with E-state index in [2.05, 4.69) is 26.2 Å². The van der Waals surface area contributed by atoms with Gasteiger partial charge in [-0.05, 0) is 24.1 Å². The van der Waals surface area contributed by atoms with Gasteiger partial charge in [0.15, 0.2) is 5.69 Å². The number of nitrogens with zero attached hydrogens (tertiary/aromatic N) is 3. The zero-order valence-electron chi connectivity index (χ0n) is 10.5. The van der Waals surface area contributed by atoms with Gasteiger partial charge in [0.2, 0.25) is 0 Å². The first-order chi connectivity index (χ1) is 9.11. The highest BCUT2D eigenvalue weighted by Gasteiger charge is 2.18. The van der Waals surface area contributed by atoms with Crippen LogP contribution >= 0.6 is 15.9 Å². The van der Waals surface area contributed by atoms with E-state index < -0.39 is 5.97 Å². The third kappa shape index (κ3) is 3.20. The fourth-order valence-corrected chi connectivity index (χ4v) is 2.14. The van der Waals surface area contributed by atoms with E-state index in [4.69, 9.17) is 5.11 Å². The number of rotatable bonds is 5. The van der Waals surface area contributed by atoms with Crippen LogP contribution in [0.4, 0.5) is 0 Å². The van der Waals surface area contributed by atoms with Crippen molar-refractivity contribution in [3.8, 4) is 0 Å². The molecule has 0 spiro atoms. The van der Waals surface area contributed by atoms with Crippen molar-refractivity contribution in [1.82, 2.24) is 15.0 Å². The van der Waals surface area contributed by atoms with Gasteiger partial charge < -0.3 is 5.11 Å². The van der Waals surface area contributed by atoms with Crippen LogP contribution in [0.1, 0.15) is 35.1 Å². The van der Waals surface area contributed by atoms with Crippen molar-refractivity contribution in [3.63, 3.8) is 0 Å². The molecule has 1 aromatic carbocycles. The lowest BCUT2D eigenvalue weighted by Gasteiger charge is -2.06. The highest BCUT2D eigenvalue weighted by molar-refractivity contribution is 9.10. The van der Waals surface area contributed by atoms with Gasteiger partial charge in [0.05, 0.1) is 12.2 Å². The summed E-state index contributed by atoms with van der Waals surface area (Å²) in [5, 5.41) is 16.8. The van der Waals surface area contributed by atoms with Crippen LogP contribution in [0.15, 0.2) is 28.7 Å². The van der Waals surface area contributed by atoms with Crippen LogP contribution in [0.5, 0.6) is 0 Å². The van der Waals surface area contributed by atoms with Gasteiger partial charge in [0, 0.05) is 4.47 Å². The summed E-state index contributed by atoms with van der Waals surface area (Å²) in [6.07, 6.45) is 1.51. The molecule has 0 unspecified atom stereocenters. The molecule has 19 heavy (non-hydrogen) atoms. The van der Waals surface area contributed by atoms with Crippen molar-refractivity contribution in [2.45, 2.75) is 26.3 Å². The Labute approximate surface area is 119 Å². The Kier molecular flexibility index (Phi) is 4.31. The molecule has 0 radical (unpaired) electrons. The number of halogens is 1. The van der Waals surface area contributed by atoms with Gasteiger partial charge in [-0.25, -0.2) is 9.48 Å². The minimum atomic E-state index is -1.02. The second kappa shape index (κ2) is 5.97. The zero-order chi connectivity index (χ0) is 13.8. The largest absolute Gasteiger partial charge is 0.476 e. The predicted octanol–water partition coefficient (Wildman–Crippen LogP) is 2.74. The van der Waals surface area contributed by atoms with Gasteiger partial charge in [-0.1, -0.05) is 46.6 Å². The molecule has 1 aromatic heterocycles. The average molecular weight is 324 g/mol. The van der Waals surface area contributed by atoms with Gasteiger partial charge >= 0.3 is 5.97 Å². The van der Waals surface area contributed by atoms with E-state index in [0.29, 0.717) is 18.7 Å². The number of aromatic nitrogens is 3. The zero-order valence-corrected chi connectivity index (χ0v) is 12.1. The summed E-state index contributed by atoms with van der Waals surface area (Å²) in [7, 11) is 0. The Balaban J connectivity index is 2.29. The number of carboxylic acids is 1. The monoisotopic (exact) mass is 323 g/mol. The summed E-state index contributed by atoms with van der Waals surface area (Å²) in [4.78, 5) is 11.1. The van der Waals surface area contributed by atoms with Crippen molar-refractivity contribution < 1.29 is 9.90 Å². The molecular weight excluding hydrogens is 310 g/mol. The molecule has 0 aliphatic carbocycles. The average Bonchev–Trinajstić information content (AvgIpc) is 2.76. The third-order valence-electron chi connectivity index (χ3n) is 2.77. The van der Waals surface area contributed by atoms with Crippen molar-refractivity contribution in [2.75, 3.05) is 0 Å². The Morgan fingerprint density at radius 3 is 2.63 bits per heavy atom. The summed E-state index contributed by atoms with van der Waals surface area (Å²) in [6.45, 7) is 2.53. The summed E-state index contributed by atoms with van der Waals surface area (Å²) < 4.78 is 2.67. The first kappa shape index (κ1) is 13.7. The van der Waals surface area contributed by atoms with E-state index in [1.54, 1.807) is 4.68 Å². The van der Waals surface area contributed by atoms with Gasteiger partial charge in [0.25, 0.3) is 0 Å². The molecule has 5 nitrogen and oxygen atoms in total. The molecule has 0 aliphatic heterocycles. The lowest BCUT2D eigenvalue weighted by molar-refractivity contribution is 0.0689. The van der Waals surface area contributed by atoms with E-state index in [1.807, 2.05) is 31.2 Å². The topological polar surface area (TPSA) is 68.0 Å². The summed E-state index contributed by atoms with van der Waals surface area (Å²) in [5.74, 6) is -1.02. The van der Waals surface area contributed by atoms with Crippen LogP contribution in [0.25, 0.3) is 0 Å². The molecule has 0 fully saturated rings. The number of hydrogen-bond donors (Lipinski definition) is 1. The molecule has 2 aromatic rings. The van der Waals surface area contributed by atoms with Gasteiger partial charge in [-0.2, -0.15) is 0 Å². The summed E-state index contributed by atoms with van der Waals surface area (Å²) in [5.41, 5.74) is 1.79. The third-order valence-corrected chi connectivity index (χ3v) is 3.30. The van der Waals surface area contributed by atoms with E-state index in [1.165, 1.54) is 0 Å². The van der Waals surface area contributed by atoms with Crippen molar-refractivity contribution >= 4 is 21.9 Å². The second-order valence-electron chi connectivity index (χ2n) is 4.22. The number of aromatic carboxylic acids is 1. The van der Waals surface area contributed by atoms with Gasteiger partial charge in [-0.3, -0.25) is 0 Å². The normalized spacial score (nSPS) is 10.6. The fraction of sp³-hybridized carbons (Fsp3) is 0.308. The predicted molar refractivity (Wildman–Crippen MR) is 74.2 cm³/mol. The van der Waals surface area contributed by atoms with Crippen LogP contribution in [-0.4, -0.2) is 26.1 Å². The van der Waals surface area contributed by atoms with Gasteiger partial charge in [0.1, 0.15) is 0 Å². The molecule has 0 saturated carbocycles. The quantitative estimate of drug-likeness (QED) is 0.918. The maximum absolute atomic E-state index is 11.1. The lowest BCUT2D eigenvalue weighted by atomic mass is 10.2. The standard InChI is InChI=1S/C13H14BrN3O2/c1-2-3-11-12(13(18)19)15-16-17(11)8-9-4-6-10(14)7-5-9/h4-7H,2-3,8H2,1H3,(H,18,19). The van der Waals surface area contributed by atoms with Crippen LogP contribution in [0.3, 0.4) is 0 Å². The number of hydrogen-bond acceptors (Lipinski definition) is 3. The number of benzene rings is 1. The summed E-state index contributed by atoms with van der Waals surface area (Å²) in [6, 6.07) is 7.84. The Hall–Kier alpha value is -1.69. The fourth-order valence-electron chi connectivity index (χ4n) is 1.87. The minimum absolute atomic E-state index is 0.0546. The van der Waals surface area contributed by atoms with Crippen LogP contribution < -0.4 is 0 Å². The smallest absolute Gasteiger partial charge is 0.358 e. The van der Waals surface area contributed by atoms with Gasteiger partial charge in [-0.15, -0.1) is 5.10 Å². The van der Waals surface area contributed by atoms with Crippen LogP contribution in [0.2, 0.25) is 0 Å². The number of carboxylic acid groups (broad SMARTS) is 1. The first-order valence-electron chi connectivity index (χ1n) is 6.02. The van der Waals surface area contributed by atoms with Crippen molar-refractivity contribution in [2.24, 2.45) is 0 Å². The van der Waals surface area contributed by atoms with Crippen molar-refractivity contribution in [1.29, 1.82) is 0 Å². The molecule has 100 valence electrons. The molecule has 2 rings (SSSR count). The first-order valence-corrected chi connectivity index (χ1v) is 6.81. The summed E-state index contributed by atoms with van der Waals surface area (Å²) >= 11 is 3.38. The molecule has 0 bridgehead atoms. The van der Waals surface area contributed by atoms with Crippen LogP contribution in [0, 0.1) is 0 Å². The highest BCUT2D eigenvalue weighted by atomic mass is 79.9. The van der Waals surface area contributed by atoms with E-state index in [0.717, 1.165) is 16.5 Å². The Morgan fingerprint density at radius 1 is 1.37 bits per heavy atom. The molecule has 0 saturated heterocycles. The molecule has 1 N–H and O–H groups in total. The molecule has 0 aliphatic rings. The highest BCUT2D eigenvalue weighted by Crippen LogP contribution is 2.14. The van der Waals surface area contributed by atoms with Crippen molar-refractivity contribution in [3.05, 3.63) is 45.7 Å². The molecule has 6 heteroatoms.